The van der Waals surface area contributed by atoms with E-state index in [1.54, 1.807) is 0 Å². The van der Waals surface area contributed by atoms with Crippen LogP contribution < -0.4 is 10.6 Å². The lowest BCUT2D eigenvalue weighted by molar-refractivity contribution is -0.688. The van der Waals surface area contributed by atoms with Gasteiger partial charge in [0.1, 0.15) is 6.54 Å². The third kappa shape index (κ3) is 3.94. The zero-order valence-electron chi connectivity index (χ0n) is 13.5. The maximum atomic E-state index is 12.4. The molecule has 0 aliphatic carbocycles. The van der Waals surface area contributed by atoms with Crippen molar-refractivity contribution in [1.82, 2.24) is 0 Å². The van der Waals surface area contributed by atoms with Crippen LogP contribution in [0, 0.1) is 0 Å². The van der Waals surface area contributed by atoms with Gasteiger partial charge in [0.05, 0.1) is 0 Å². The Hall–Kier alpha value is -2.36. The van der Waals surface area contributed by atoms with Gasteiger partial charge in [-0.15, -0.1) is 0 Å². The van der Waals surface area contributed by atoms with Gasteiger partial charge in [-0.2, -0.15) is 0 Å². The van der Waals surface area contributed by atoms with Gasteiger partial charge in [-0.25, -0.2) is 0 Å². The van der Waals surface area contributed by atoms with Gasteiger partial charge in [0.15, 0.2) is 6.04 Å². The van der Waals surface area contributed by atoms with Gasteiger partial charge in [0, 0.05) is 16.3 Å². The van der Waals surface area contributed by atoms with E-state index in [-0.39, 0.29) is 11.9 Å². The molecule has 0 spiro atoms. The van der Waals surface area contributed by atoms with Crippen molar-refractivity contribution in [1.29, 1.82) is 0 Å². The molecule has 0 heterocycles. The summed E-state index contributed by atoms with van der Waals surface area (Å²) < 4.78 is 0. The molecule has 3 aromatic rings. The highest BCUT2D eigenvalue weighted by atomic mass is 35.5. The minimum atomic E-state index is -0.201. The molecular formula is C20H20ClN2O+. The van der Waals surface area contributed by atoms with Crippen molar-refractivity contribution in [3.63, 3.8) is 0 Å². The van der Waals surface area contributed by atoms with Crippen molar-refractivity contribution in [3.8, 4) is 0 Å². The number of anilines is 1. The Kier molecular flexibility index (Phi) is 5.14. The van der Waals surface area contributed by atoms with Crippen LogP contribution in [-0.4, -0.2) is 11.9 Å². The van der Waals surface area contributed by atoms with Gasteiger partial charge >= 0.3 is 0 Å². The molecule has 3 N–H and O–H groups in total. The fraction of sp³-hybridized carbons (Fsp3) is 0.150. The van der Waals surface area contributed by atoms with Crippen molar-refractivity contribution >= 4 is 34.0 Å². The summed E-state index contributed by atoms with van der Waals surface area (Å²) in [5, 5.41) is 7.97. The summed E-state index contributed by atoms with van der Waals surface area (Å²) in [4.78, 5) is 12.4. The lowest BCUT2D eigenvalue weighted by Crippen LogP contribution is -2.90. The number of nitrogens with two attached hydrogens (primary N) is 1. The van der Waals surface area contributed by atoms with Crippen molar-refractivity contribution in [2.45, 2.75) is 19.5 Å². The van der Waals surface area contributed by atoms with Crippen LogP contribution in [0.25, 0.3) is 10.8 Å². The lowest BCUT2D eigenvalue weighted by Gasteiger charge is -2.12. The van der Waals surface area contributed by atoms with Crippen LogP contribution >= 0.6 is 11.6 Å². The second kappa shape index (κ2) is 7.47. The first-order valence-corrected chi connectivity index (χ1v) is 8.37. The highest BCUT2D eigenvalue weighted by molar-refractivity contribution is 6.31. The number of amides is 1. The molecule has 4 heteroatoms. The van der Waals surface area contributed by atoms with E-state index in [1.807, 2.05) is 72.9 Å². The highest BCUT2D eigenvalue weighted by Crippen LogP contribution is 2.18. The van der Waals surface area contributed by atoms with E-state index < -0.39 is 0 Å². The smallest absolute Gasteiger partial charge is 0.282 e. The average molecular weight is 340 g/mol. The van der Waals surface area contributed by atoms with Crippen molar-refractivity contribution in [3.05, 3.63) is 77.3 Å². The molecule has 3 aromatic carbocycles. The van der Waals surface area contributed by atoms with Crippen LogP contribution in [0.2, 0.25) is 5.02 Å². The Morgan fingerprint density at radius 2 is 1.75 bits per heavy atom. The maximum absolute atomic E-state index is 12.4. The monoisotopic (exact) mass is 339 g/mol. The van der Waals surface area contributed by atoms with Gasteiger partial charge in [-0.3, -0.25) is 4.79 Å². The first-order chi connectivity index (χ1) is 11.6. The van der Waals surface area contributed by atoms with E-state index in [2.05, 4.69) is 11.4 Å². The molecule has 0 fully saturated rings. The number of hydrogen-bond donors (Lipinski definition) is 2. The number of halogens is 1. The molecule has 1 atom stereocenters. The van der Waals surface area contributed by atoms with E-state index in [0.29, 0.717) is 6.54 Å². The third-order valence-corrected chi connectivity index (χ3v) is 4.45. The Balaban J connectivity index is 1.61. The molecule has 0 bridgehead atoms. The minimum absolute atomic E-state index is 0.0164. The zero-order chi connectivity index (χ0) is 16.9. The van der Waals surface area contributed by atoms with Crippen LogP contribution in [-0.2, 0) is 11.3 Å². The fourth-order valence-electron chi connectivity index (χ4n) is 2.60. The molecule has 0 saturated carbocycles. The number of benzene rings is 3. The number of hydrogen-bond acceptors (Lipinski definition) is 1. The fourth-order valence-corrected chi connectivity index (χ4v) is 2.81. The van der Waals surface area contributed by atoms with Gasteiger partial charge in [-0.1, -0.05) is 60.1 Å². The van der Waals surface area contributed by atoms with Crippen LogP contribution in [0.3, 0.4) is 0 Å². The number of carbonyl (C=O) groups excluding carboxylic acids is 1. The summed E-state index contributed by atoms with van der Waals surface area (Å²) in [6.45, 7) is 2.57. The predicted octanol–water partition coefficient (Wildman–Crippen LogP) is 3.58. The zero-order valence-corrected chi connectivity index (χ0v) is 14.3. The number of rotatable bonds is 5. The largest absolute Gasteiger partial charge is 0.332 e. The van der Waals surface area contributed by atoms with E-state index in [9.17, 15) is 4.79 Å². The first kappa shape index (κ1) is 16.5. The molecule has 24 heavy (non-hydrogen) atoms. The molecule has 0 aliphatic heterocycles. The Morgan fingerprint density at radius 1 is 1.04 bits per heavy atom. The third-order valence-electron chi connectivity index (χ3n) is 4.08. The standard InChI is InChI=1S/C20H19ClN2O/c1-14(22-13-17-8-4-5-9-19(17)21)20(24)23-18-11-10-15-6-2-3-7-16(15)12-18/h2-12,14,22H,13H2,1H3,(H,23,24)/p+1/t14-/m0/s1. The lowest BCUT2D eigenvalue weighted by atomic mass is 10.1. The second-order valence-corrected chi connectivity index (χ2v) is 6.28. The van der Waals surface area contributed by atoms with Crippen LogP contribution in [0.4, 0.5) is 5.69 Å². The molecule has 0 unspecified atom stereocenters. The average Bonchev–Trinajstić information content (AvgIpc) is 2.60. The van der Waals surface area contributed by atoms with Gasteiger partial charge in [-0.05, 0) is 35.9 Å². The molecule has 0 aliphatic rings. The quantitative estimate of drug-likeness (QED) is 0.733. The number of carbonyl (C=O) groups is 1. The number of fused-ring (bicyclic) bond motifs is 1. The van der Waals surface area contributed by atoms with Crippen LogP contribution in [0.1, 0.15) is 12.5 Å². The van der Waals surface area contributed by atoms with Crippen molar-refractivity contribution in [2.24, 2.45) is 0 Å². The Bertz CT molecular complexity index is 863. The van der Waals surface area contributed by atoms with E-state index in [4.69, 9.17) is 11.6 Å². The summed E-state index contributed by atoms with van der Waals surface area (Å²) in [5.41, 5.74) is 1.85. The summed E-state index contributed by atoms with van der Waals surface area (Å²) in [5.74, 6) is -0.0164. The predicted molar refractivity (Wildman–Crippen MR) is 99.1 cm³/mol. The minimum Gasteiger partial charge on any atom is -0.332 e. The van der Waals surface area contributed by atoms with E-state index in [0.717, 1.165) is 27.0 Å². The molecule has 3 rings (SSSR count). The van der Waals surface area contributed by atoms with E-state index >= 15 is 0 Å². The first-order valence-electron chi connectivity index (χ1n) is 8.00. The van der Waals surface area contributed by atoms with E-state index in [1.165, 1.54) is 0 Å². The highest BCUT2D eigenvalue weighted by Gasteiger charge is 2.16. The Labute approximate surface area is 146 Å². The summed E-state index contributed by atoms with van der Waals surface area (Å²) in [6, 6.07) is 21.5. The number of quaternary nitrogens is 1. The number of nitrogens with one attached hydrogen (secondary N) is 1. The maximum Gasteiger partial charge on any atom is 0.282 e. The molecule has 122 valence electrons. The molecule has 0 saturated heterocycles. The van der Waals surface area contributed by atoms with Crippen molar-refractivity contribution in [2.75, 3.05) is 5.32 Å². The molecule has 3 nitrogen and oxygen atoms in total. The van der Waals surface area contributed by atoms with Crippen LogP contribution in [0.5, 0.6) is 0 Å². The normalized spacial score (nSPS) is 12.1. The SMILES string of the molecule is C[C@H]([NH2+]Cc1ccccc1Cl)C(=O)Nc1ccc2ccccc2c1. The second-order valence-electron chi connectivity index (χ2n) is 5.87. The van der Waals surface area contributed by atoms with Gasteiger partial charge in [0.25, 0.3) is 5.91 Å². The molecule has 1 amide bonds. The summed E-state index contributed by atoms with van der Waals surface area (Å²) >= 11 is 6.15. The topological polar surface area (TPSA) is 45.7 Å². The summed E-state index contributed by atoms with van der Waals surface area (Å²) in [7, 11) is 0. The van der Waals surface area contributed by atoms with Gasteiger partial charge in [0.2, 0.25) is 0 Å². The van der Waals surface area contributed by atoms with Crippen LogP contribution in [0.15, 0.2) is 66.7 Å². The Morgan fingerprint density at radius 3 is 2.54 bits per heavy atom. The molecule has 0 radical (unpaired) electrons. The van der Waals surface area contributed by atoms with Gasteiger partial charge < -0.3 is 10.6 Å². The summed E-state index contributed by atoms with van der Waals surface area (Å²) in [6.07, 6.45) is 0. The molecular weight excluding hydrogens is 320 g/mol. The molecule has 0 aromatic heterocycles. The van der Waals surface area contributed by atoms with Crippen molar-refractivity contribution < 1.29 is 10.1 Å².